The molecule has 1 saturated carbocycles. The Kier molecular flexibility index (Phi) is 3.69. The van der Waals surface area contributed by atoms with E-state index in [2.05, 4.69) is 9.97 Å². The molecule has 0 spiro atoms. The van der Waals surface area contributed by atoms with E-state index >= 15 is 0 Å². The molecule has 1 aromatic rings. The Labute approximate surface area is 134 Å². The number of hydrogen-bond acceptors (Lipinski definition) is 6. The summed E-state index contributed by atoms with van der Waals surface area (Å²) in [5, 5.41) is 0.119. The van der Waals surface area contributed by atoms with E-state index in [9.17, 15) is 9.59 Å². The molecule has 1 aliphatic carbocycles. The van der Waals surface area contributed by atoms with Crippen molar-refractivity contribution in [3.63, 3.8) is 0 Å². The lowest BCUT2D eigenvalue weighted by Gasteiger charge is -2.45. The fourth-order valence-electron chi connectivity index (χ4n) is 3.51. The average molecular weight is 323 g/mol. The monoisotopic (exact) mass is 322 g/mol. The predicted molar refractivity (Wildman–Crippen MR) is 82.8 cm³/mol. The number of anilines is 1. The minimum Gasteiger partial charge on any atom is -0.343 e. The van der Waals surface area contributed by atoms with Crippen LogP contribution < -0.4 is 10.6 Å². The summed E-state index contributed by atoms with van der Waals surface area (Å²) >= 11 is 5.96. The summed E-state index contributed by atoms with van der Waals surface area (Å²) < 4.78 is 0. The molecule has 0 aromatic carbocycles. The molecule has 2 heterocycles. The van der Waals surface area contributed by atoms with Gasteiger partial charge in [-0.2, -0.15) is 0 Å². The number of halogens is 1. The number of fused-ring (bicyclic) bond motifs is 1. The van der Waals surface area contributed by atoms with Crippen LogP contribution in [0.25, 0.3) is 0 Å². The lowest BCUT2D eigenvalue weighted by atomic mass is 9.80. The van der Waals surface area contributed by atoms with E-state index in [1.807, 2.05) is 11.8 Å². The number of nitrogens with zero attached hydrogens (tertiary/aromatic N) is 3. The van der Waals surface area contributed by atoms with E-state index in [0.717, 1.165) is 6.42 Å². The third-order valence-electron chi connectivity index (χ3n) is 4.69. The number of rotatable bonds is 2. The van der Waals surface area contributed by atoms with E-state index in [1.165, 1.54) is 6.20 Å². The minimum absolute atomic E-state index is 0.0257. The van der Waals surface area contributed by atoms with Crippen molar-refractivity contribution in [3.05, 3.63) is 17.0 Å². The summed E-state index contributed by atoms with van der Waals surface area (Å²) in [6.45, 7) is 3.63. The molecule has 1 fully saturated rings. The maximum absolute atomic E-state index is 12.8. The van der Waals surface area contributed by atoms with E-state index in [4.69, 9.17) is 17.3 Å². The van der Waals surface area contributed by atoms with Gasteiger partial charge in [0.2, 0.25) is 5.28 Å². The van der Waals surface area contributed by atoms with Gasteiger partial charge in [-0.3, -0.25) is 9.59 Å². The van der Waals surface area contributed by atoms with E-state index in [1.54, 1.807) is 6.92 Å². The van der Waals surface area contributed by atoms with Crippen LogP contribution in [-0.2, 0) is 15.1 Å². The zero-order chi connectivity index (χ0) is 16.1. The second-order valence-electron chi connectivity index (χ2n) is 6.21. The molecule has 1 aromatic heterocycles. The summed E-state index contributed by atoms with van der Waals surface area (Å²) in [4.78, 5) is 34.8. The van der Waals surface area contributed by atoms with Gasteiger partial charge >= 0.3 is 0 Å². The zero-order valence-electron chi connectivity index (χ0n) is 12.7. The third-order valence-corrected chi connectivity index (χ3v) is 4.88. The van der Waals surface area contributed by atoms with Gasteiger partial charge in [0, 0.05) is 30.6 Å². The standard InChI is InChI=1S/C15H19ClN4O2/c1-3-11-12(22)15(2,17)10-7-18-14(16)19-13(10)20(11)8-4-5-9(21)6-8/h7-8,11H,3-6,17H2,1-2H3/t8?,11-,15?/m1/s1. The molecular weight excluding hydrogens is 304 g/mol. The molecule has 0 bridgehead atoms. The van der Waals surface area contributed by atoms with Crippen molar-refractivity contribution < 1.29 is 9.59 Å². The molecular formula is C15H19ClN4O2. The van der Waals surface area contributed by atoms with Gasteiger partial charge < -0.3 is 10.6 Å². The first-order valence-electron chi connectivity index (χ1n) is 7.52. The van der Waals surface area contributed by atoms with Crippen molar-refractivity contribution in [2.75, 3.05) is 4.90 Å². The van der Waals surface area contributed by atoms with Crippen LogP contribution in [0.5, 0.6) is 0 Å². The molecule has 2 aliphatic rings. The molecule has 118 valence electrons. The highest BCUT2D eigenvalue weighted by atomic mass is 35.5. The van der Waals surface area contributed by atoms with Gasteiger partial charge in [-0.25, -0.2) is 9.97 Å². The molecule has 1 aliphatic heterocycles. The highest BCUT2D eigenvalue weighted by Gasteiger charge is 2.49. The number of Topliss-reactive ketones (excluding diaryl/α,β-unsaturated/α-hetero) is 2. The Morgan fingerprint density at radius 2 is 2.23 bits per heavy atom. The SMILES string of the molecule is CC[C@@H]1C(=O)C(C)(N)c2cnc(Cl)nc2N1C1CCC(=O)C1. The molecule has 2 unspecified atom stereocenters. The predicted octanol–water partition coefficient (Wildman–Crippen LogP) is 1.59. The smallest absolute Gasteiger partial charge is 0.224 e. The number of ketones is 2. The quantitative estimate of drug-likeness (QED) is 0.832. The molecule has 0 radical (unpaired) electrons. The van der Waals surface area contributed by atoms with Gasteiger partial charge in [0.1, 0.15) is 17.1 Å². The first-order valence-corrected chi connectivity index (χ1v) is 7.90. The van der Waals surface area contributed by atoms with Gasteiger partial charge in [-0.15, -0.1) is 0 Å². The zero-order valence-corrected chi connectivity index (χ0v) is 13.4. The highest BCUT2D eigenvalue weighted by Crippen LogP contribution is 2.40. The van der Waals surface area contributed by atoms with Crippen LogP contribution in [0.1, 0.15) is 45.1 Å². The van der Waals surface area contributed by atoms with Crippen LogP contribution >= 0.6 is 11.6 Å². The van der Waals surface area contributed by atoms with E-state index in [-0.39, 0.29) is 28.9 Å². The topological polar surface area (TPSA) is 89.2 Å². The summed E-state index contributed by atoms with van der Waals surface area (Å²) in [5.74, 6) is 0.749. The van der Waals surface area contributed by atoms with Crippen molar-refractivity contribution in [2.45, 2.75) is 57.2 Å². The summed E-state index contributed by atoms with van der Waals surface area (Å²) in [7, 11) is 0. The van der Waals surface area contributed by atoms with Gasteiger partial charge in [-0.05, 0) is 31.4 Å². The van der Waals surface area contributed by atoms with Crippen molar-refractivity contribution >= 4 is 29.0 Å². The van der Waals surface area contributed by atoms with Crippen LogP contribution in [0.15, 0.2) is 6.20 Å². The summed E-state index contributed by atoms with van der Waals surface area (Å²) in [5.41, 5.74) is 5.71. The van der Waals surface area contributed by atoms with Crippen LogP contribution in [0.4, 0.5) is 5.82 Å². The number of hydrogen-bond donors (Lipinski definition) is 1. The molecule has 0 amide bonds. The van der Waals surface area contributed by atoms with Gasteiger partial charge in [0.25, 0.3) is 0 Å². The maximum Gasteiger partial charge on any atom is 0.224 e. The highest BCUT2D eigenvalue weighted by molar-refractivity contribution is 6.28. The summed E-state index contributed by atoms with van der Waals surface area (Å²) in [6, 6.07) is -0.411. The second-order valence-corrected chi connectivity index (χ2v) is 6.55. The van der Waals surface area contributed by atoms with Gasteiger partial charge in [0.15, 0.2) is 5.78 Å². The molecule has 22 heavy (non-hydrogen) atoms. The number of carbonyl (C=O) groups excluding carboxylic acids is 2. The fraction of sp³-hybridized carbons (Fsp3) is 0.600. The van der Waals surface area contributed by atoms with Crippen LogP contribution in [0.3, 0.4) is 0 Å². The average Bonchev–Trinajstić information content (AvgIpc) is 2.88. The van der Waals surface area contributed by atoms with Crippen LogP contribution in [0, 0.1) is 0 Å². The number of aromatic nitrogens is 2. The minimum atomic E-state index is -1.14. The van der Waals surface area contributed by atoms with Crippen molar-refractivity contribution in [3.8, 4) is 0 Å². The first kappa shape index (κ1) is 15.4. The van der Waals surface area contributed by atoms with E-state index in [0.29, 0.717) is 30.6 Å². The molecule has 3 atom stereocenters. The second kappa shape index (κ2) is 5.28. The number of carbonyl (C=O) groups is 2. The van der Waals surface area contributed by atoms with Crippen LogP contribution in [-0.4, -0.2) is 33.6 Å². The number of nitrogens with two attached hydrogens (primary N) is 1. The van der Waals surface area contributed by atoms with E-state index < -0.39 is 5.54 Å². The Morgan fingerprint density at radius 3 is 2.82 bits per heavy atom. The first-order chi connectivity index (χ1) is 10.4. The lowest BCUT2D eigenvalue weighted by Crippen LogP contribution is -2.60. The molecule has 0 saturated heterocycles. The molecule has 2 N–H and O–H groups in total. The normalized spacial score (nSPS) is 31.5. The Balaban J connectivity index is 2.16. The van der Waals surface area contributed by atoms with Crippen molar-refractivity contribution in [1.29, 1.82) is 0 Å². The Morgan fingerprint density at radius 1 is 1.50 bits per heavy atom. The maximum atomic E-state index is 12.8. The summed E-state index contributed by atoms with van der Waals surface area (Å²) in [6.07, 6.45) is 3.84. The lowest BCUT2D eigenvalue weighted by molar-refractivity contribution is -0.126. The fourth-order valence-corrected chi connectivity index (χ4v) is 3.64. The van der Waals surface area contributed by atoms with Gasteiger partial charge in [0.05, 0.1) is 6.04 Å². The molecule has 6 nitrogen and oxygen atoms in total. The Bertz CT molecular complexity index is 646. The van der Waals surface area contributed by atoms with Crippen molar-refractivity contribution in [1.82, 2.24) is 9.97 Å². The van der Waals surface area contributed by atoms with Gasteiger partial charge in [-0.1, -0.05) is 6.92 Å². The third kappa shape index (κ3) is 2.21. The van der Waals surface area contributed by atoms with Crippen molar-refractivity contribution in [2.24, 2.45) is 5.73 Å². The van der Waals surface area contributed by atoms with Crippen LogP contribution in [0.2, 0.25) is 5.28 Å². The largest absolute Gasteiger partial charge is 0.343 e. The Hall–Kier alpha value is -1.53. The molecule has 3 rings (SSSR count). The molecule has 7 heteroatoms.